The third-order valence-electron chi connectivity index (χ3n) is 3.42. The van der Waals surface area contributed by atoms with E-state index >= 15 is 0 Å². The molecular weight excluding hydrogens is 332 g/mol. The molecule has 0 spiro atoms. The molecule has 0 aliphatic carbocycles. The molecule has 2 aromatic rings. The SMILES string of the molecule is CC(=O)SC(CCc1ccc(-c2ccccc2Cl)cc1)C(=O)O. The summed E-state index contributed by atoms with van der Waals surface area (Å²) in [4.78, 5) is 22.2. The number of aryl methyl sites for hydroxylation is 1. The predicted molar refractivity (Wildman–Crippen MR) is 94.9 cm³/mol. The second-order valence-corrected chi connectivity index (χ2v) is 6.94. The first-order valence-electron chi connectivity index (χ1n) is 7.21. The lowest BCUT2D eigenvalue weighted by Gasteiger charge is -2.10. The molecule has 0 aliphatic heterocycles. The van der Waals surface area contributed by atoms with Crippen molar-refractivity contribution in [3.8, 4) is 11.1 Å². The molecule has 0 saturated heterocycles. The summed E-state index contributed by atoms with van der Waals surface area (Å²) in [5, 5.41) is 8.96. The van der Waals surface area contributed by atoms with Crippen molar-refractivity contribution >= 4 is 34.4 Å². The van der Waals surface area contributed by atoms with Gasteiger partial charge in [0.05, 0.1) is 0 Å². The highest BCUT2D eigenvalue weighted by atomic mass is 35.5. The third-order valence-corrected chi connectivity index (χ3v) is 4.80. The van der Waals surface area contributed by atoms with Crippen LogP contribution in [0.15, 0.2) is 48.5 Å². The molecule has 5 heteroatoms. The predicted octanol–water partition coefficient (Wildman–Crippen LogP) is 4.67. The zero-order chi connectivity index (χ0) is 16.8. The van der Waals surface area contributed by atoms with Gasteiger partial charge < -0.3 is 5.11 Å². The van der Waals surface area contributed by atoms with Crippen LogP contribution in [0.5, 0.6) is 0 Å². The van der Waals surface area contributed by atoms with Crippen molar-refractivity contribution in [2.45, 2.75) is 25.0 Å². The number of hydrogen-bond donors (Lipinski definition) is 1. The average Bonchev–Trinajstić information content (AvgIpc) is 2.52. The molecule has 0 saturated carbocycles. The Morgan fingerprint density at radius 3 is 2.35 bits per heavy atom. The number of rotatable bonds is 6. The third kappa shape index (κ3) is 5.12. The minimum Gasteiger partial charge on any atom is -0.480 e. The highest BCUT2D eigenvalue weighted by Crippen LogP contribution is 2.28. The van der Waals surface area contributed by atoms with Crippen LogP contribution in [-0.2, 0) is 16.0 Å². The molecule has 0 amide bonds. The lowest BCUT2D eigenvalue weighted by atomic mass is 10.0. The van der Waals surface area contributed by atoms with Crippen LogP contribution >= 0.6 is 23.4 Å². The second kappa shape index (κ2) is 8.18. The van der Waals surface area contributed by atoms with E-state index < -0.39 is 11.2 Å². The second-order valence-electron chi connectivity index (χ2n) is 5.15. The van der Waals surface area contributed by atoms with E-state index in [9.17, 15) is 9.59 Å². The molecule has 0 radical (unpaired) electrons. The molecule has 2 rings (SSSR count). The van der Waals surface area contributed by atoms with E-state index in [0.717, 1.165) is 28.5 Å². The number of carbonyl (C=O) groups excluding carboxylic acids is 1. The van der Waals surface area contributed by atoms with Gasteiger partial charge in [0.25, 0.3) is 0 Å². The summed E-state index contributed by atoms with van der Waals surface area (Å²) in [6.45, 7) is 1.39. The van der Waals surface area contributed by atoms with Crippen LogP contribution in [0.4, 0.5) is 0 Å². The first-order valence-corrected chi connectivity index (χ1v) is 8.47. The maximum Gasteiger partial charge on any atom is 0.317 e. The first-order chi connectivity index (χ1) is 11.0. The topological polar surface area (TPSA) is 54.4 Å². The Balaban J connectivity index is 2.04. The van der Waals surface area contributed by atoms with E-state index in [4.69, 9.17) is 16.7 Å². The van der Waals surface area contributed by atoms with E-state index in [2.05, 4.69) is 0 Å². The van der Waals surface area contributed by atoms with Crippen LogP contribution in [0.25, 0.3) is 11.1 Å². The number of carboxylic acids is 1. The molecule has 1 unspecified atom stereocenters. The summed E-state index contributed by atoms with van der Waals surface area (Å²) in [5.41, 5.74) is 3.03. The maximum absolute atomic E-state index is 11.1. The van der Waals surface area contributed by atoms with Gasteiger partial charge in [0.1, 0.15) is 5.25 Å². The molecule has 0 heterocycles. The van der Waals surface area contributed by atoms with E-state index in [0.29, 0.717) is 17.9 Å². The summed E-state index contributed by atoms with van der Waals surface area (Å²) in [6.07, 6.45) is 1.03. The smallest absolute Gasteiger partial charge is 0.317 e. The maximum atomic E-state index is 11.1. The van der Waals surface area contributed by atoms with Crippen molar-refractivity contribution in [1.82, 2.24) is 0 Å². The Bertz CT molecular complexity index is 698. The van der Waals surface area contributed by atoms with Crippen molar-refractivity contribution in [2.24, 2.45) is 0 Å². The quantitative estimate of drug-likeness (QED) is 0.824. The van der Waals surface area contributed by atoms with Crippen molar-refractivity contribution < 1.29 is 14.7 Å². The van der Waals surface area contributed by atoms with Gasteiger partial charge in [-0.25, -0.2) is 0 Å². The summed E-state index contributed by atoms with van der Waals surface area (Å²) in [5.74, 6) is -0.946. The number of hydrogen-bond acceptors (Lipinski definition) is 3. The molecule has 23 heavy (non-hydrogen) atoms. The van der Waals surface area contributed by atoms with E-state index in [1.165, 1.54) is 6.92 Å². The Morgan fingerprint density at radius 2 is 1.78 bits per heavy atom. The fourth-order valence-corrected chi connectivity index (χ4v) is 3.26. The molecule has 3 nitrogen and oxygen atoms in total. The zero-order valence-electron chi connectivity index (χ0n) is 12.7. The van der Waals surface area contributed by atoms with Gasteiger partial charge >= 0.3 is 5.97 Å². The largest absolute Gasteiger partial charge is 0.480 e. The highest BCUT2D eigenvalue weighted by molar-refractivity contribution is 8.14. The van der Waals surface area contributed by atoms with Crippen molar-refractivity contribution in [2.75, 3.05) is 0 Å². The van der Waals surface area contributed by atoms with Crippen LogP contribution in [0.1, 0.15) is 18.9 Å². The Hall–Kier alpha value is -1.78. The highest BCUT2D eigenvalue weighted by Gasteiger charge is 2.19. The zero-order valence-corrected chi connectivity index (χ0v) is 14.2. The fourth-order valence-electron chi connectivity index (χ4n) is 2.28. The normalized spacial score (nSPS) is 11.9. The molecule has 1 atom stereocenters. The lowest BCUT2D eigenvalue weighted by molar-refractivity contribution is -0.136. The monoisotopic (exact) mass is 348 g/mol. The van der Waals surface area contributed by atoms with Gasteiger partial charge in [0, 0.05) is 17.5 Å². The number of carboxylic acid groups (broad SMARTS) is 1. The molecule has 2 aromatic carbocycles. The van der Waals surface area contributed by atoms with Gasteiger partial charge in [-0.2, -0.15) is 0 Å². The standard InChI is InChI=1S/C18H17ClO3S/c1-12(20)23-17(18(21)22)11-8-13-6-9-14(10-7-13)15-4-2-3-5-16(15)19/h2-7,9-10,17H,8,11H2,1H3,(H,21,22). The van der Waals surface area contributed by atoms with Crippen molar-refractivity contribution in [1.29, 1.82) is 0 Å². The van der Waals surface area contributed by atoms with Gasteiger partial charge in [-0.1, -0.05) is 65.8 Å². The van der Waals surface area contributed by atoms with Crippen LogP contribution in [-0.4, -0.2) is 21.4 Å². The number of thioether (sulfide) groups is 1. The van der Waals surface area contributed by atoms with Gasteiger partial charge in [-0.3, -0.25) is 9.59 Å². The molecular formula is C18H17ClO3S. The molecule has 0 bridgehead atoms. The number of aliphatic carboxylic acids is 1. The first kappa shape index (κ1) is 17.6. The van der Waals surface area contributed by atoms with Gasteiger partial charge in [0.15, 0.2) is 5.12 Å². The summed E-state index contributed by atoms with van der Waals surface area (Å²) < 4.78 is 0. The van der Waals surface area contributed by atoms with E-state index in [1.807, 2.05) is 48.5 Å². The lowest BCUT2D eigenvalue weighted by Crippen LogP contribution is -2.18. The van der Waals surface area contributed by atoms with E-state index in [1.54, 1.807) is 0 Å². The van der Waals surface area contributed by atoms with Gasteiger partial charge in [-0.05, 0) is 30.0 Å². The fraction of sp³-hybridized carbons (Fsp3) is 0.222. The number of benzene rings is 2. The minimum atomic E-state index is -0.946. The number of carbonyl (C=O) groups is 2. The summed E-state index contributed by atoms with van der Waals surface area (Å²) >= 11 is 7.06. The average molecular weight is 349 g/mol. The molecule has 0 fully saturated rings. The summed E-state index contributed by atoms with van der Waals surface area (Å²) in [7, 11) is 0. The number of halogens is 1. The molecule has 120 valence electrons. The van der Waals surface area contributed by atoms with Gasteiger partial charge in [0.2, 0.25) is 0 Å². The van der Waals surface area contributed by atoms with Crippen LogP contribution in [0, 0.1) is 0 Å². The van der Waals surface area contributed by atoms with Gasteiger partial charge in [-0.15, -0.1) is 0 Å². The van der Waals surface area contributed by atoms with Crippen LogP contribution < -0.4 is 0 Å². The Morgan fingerprint density at radius 1 is 1.13 bits per heavy atom. The molecule has 0 aromatic heterocycles. The summed E-state index contributed by atoms with van der Waals surface area (Å²) in [6, 6.07) is 15.5. The molecule has 0 aliphatic rings. The molecule has 1 N–H and O–H groups in total. The Labute approximate surface area is 144 Å². The van der Waals surface area contributed by atoms with E-state index in [-0.39, 0.29) is 5.12 Å². The minimum absolute atomic E-state index is 0.175. The Kier molecular flexibility index (Phi) is 6.25. The van der Waals surface area contributed by atoms with Crippen LogP contribution in [0.3, 0.4) is 0 Å². The van der Waals surface area contributed by atoms with Crippen LogP contribution in [0.2, 0.25) is 5.02 Å². The van der Waals surface area contributed by atoms with Crippen molar-refractivity contribution in [3.05, 3.63) is 59.1 Å². The van der Waals surface area contributed by atoms with Crippen molar-refractivity contribution in [3.63, 3.8) is 0 Å².